The van der Waals surface area contributed by atoms with Crippen LogP contribution >= 0.6 is 0 Å². The van der Waals surface area contributed by atoms with Crippen LogP contribution in [0.1, 0.15) is 48.9 Å². The average Bonchev–Trinajstić information content (AvgIpc) is 2.76. The van der Waals surface area contributed by atoms with Gasteiger partial charge < -0.3 is 4.74 Å². The van der Waals surface area contributed by atoms with Gasteiger partial charge in [-0.1, -0.05) is 37.1 Å². The molecule has 0 spiro atoms. The summed E-state index contributed by atoms with van der Waals surface area (Å²) in [5.41, 5.74) is 0.455. The third-order valence-electron chi connectivity index (χ3n) is 4.17. The third-order valence-corrected chi connectivity index (χ3v) is 4.17. The fourth-order valence-electron chi connectivity index (χ4n) is 3.01. The van der Waals surface area contributed by atoms with E-state index in [-0.39, 0.29) is 17.9 Å². The number of ether oxygens (including phenoxy) is 1. The molecule has 3 heteroatoms. The lowest BCUT2D eigenvalue weighted by Gasteiger charge is -2.16. The van der Waals surface area contributed by atoms with Crippen LogP contribution in [0.3, 0.4) is 0 Å². The number of benzene rings is 2. The van der Waals surface area contributed by atoms with E-state index < -0.39 is 0 Å². The molecule has 2 aromatic carbocycles. The Morgan fingerprint density at radius 2 is 1.62 bits per heavy atom. The van der Waals surface area contributed by atoms with E-state index in [1.165, 1.54) is 25.0 Å². The maximum absolute atomic E-state index is 13.8. The molecule has 1 aliphatic carbocycles. The van der Waals surface area contributed by atoms with Crippen molar-refractivity contribution in [2.24, 2.45) is 0 Å². The predicted octanol–water partition coefficient (Wildman–Crippen LogP) is 4.86. The molecule has 0 atom stereocenters. The van der Waals surface area contributed by atoms with Crippen LogP contribution in [0.25, 0.3) is 10.8 Å². The van der Waals surface area contributed by atoms with E-state index >= 15 is 0 Å². The molecule has 3 rings (SSSR count). The number of fused-ring (bicyclic) bond motifs is 1. The minimum atomic E-state index is -0.335. The highest BCUT2D eigenvalue weighted by Crippen LogP contribution is 2.25. The summed E-state index contributed by atoms with van der Waals surface area (Å²) in [6, 6.07) is 9.90. The van der Waals surface area contributed by atoms with Crippen LogP contribution in [0.2, 0.25) is 0 Å². The monoisotopic (exact) mass is 286 g/mol. The predicted molar refractivity (Wildman–Crippen MR) is 80.8 cm³/mol. The van der Waals surface area contributed by atoms with Crippen molar-refractivity contribution in [2.75, 3.05) is 0 Å². The summed E-state index contributed by atoms with van der Waals surface area (Å²) in [4.78, 5) is 12.4. The van der Waals surface area contributed by atoms with E-state index in [1.54, 1.807) is 18.2 Å². The van der Waals surface area contributed by atoms with Gasteiger partial charge in [-0.05, 0) is 43.2 Å². The second kappa shape index (κ2) is 6.25. The first-order valence-electron chi connectivity index (χ1n) is 7.64. The smallest absolute Gasteiger partial charge is 0.339 e. The van der Waals surface area contributed by atoms with Gasteiger partial charge in [-0.25, -0.2) is 9.18 Å². The zero-order valence-electron chi connectivity index (χ0n) is 12.0. The number of rotatable bonds is 2. The molecule has 1 fully saturated rings. The molecule has 1 aliphatic rings. The first-order valence-corrected chi connectivity index (χ1v) is 7.64. The van der Waals surface area contributed by atoms with Gasteiger partial charge in [-0.3, -0.25) is 0 Å². The van der Waals surface area contributed by atoms with Crippen molar-refractivity contribution < 1.29 is 13.9 Å². The maximum atomic E-state index is 13.8. The molecule has 0 aliphatic heterocycles. The lowest BCUT2D eigenvalue weighted by atomic mass is 10.0. The molecular weight excluding hydrogens is 267 g/mol. The lowest BCUT2D eigenvalue weighted by molar-refractivity contribution is 0.0269. The van der Waals surface area contributed by atoms with Crippen molar-refractivity contribution in [1.29, 1.82) is 0 Å². The summed E-state index contributed by atoms with van der Waals surface area (Å²) in [5.74, 6) is -0.644. The first-order chi connectivity index (χ1) is 10.3. The summed E-state index contributed by atoms with van der Waals surface area (Å²) in [7, 11) is 0. The molecule has 110 valence electrons. The largest absolute Gasteiger partial charge is 0.459 e. The summed E-state index contributed by atoms with van der Waals surface area (Å²) in [6.45, 7) is 0. The Morgan fingerprint density at radius 3 is 2.33 bits per heavy atom. The molecule has 1 saturated carbocycles. The number of carbonyl (C=O) groups excluding carboxylic acids is 1. The molecule has 0 bridgehead atoms. The van der Waals surface area contributed by atoms with Crippen LogP contribution < -0.4 is 0 Å². The zero-order valence-corrected chi connectivity index (χ0v) is 12.0. The third kappa shape index (κ3) is 3.07. The van der Waals surface area contributed by atoms with Gasteiger partial charge >= 0.3 is 5.97 Å². The van der Waals surface area contributed by atoms with Gasteiger partial charge in [-0.2, -0.15) is 0 Å². The molecule has 0 radical (unpaired) electrons. The van der Waals surface area contributed by atoms with Crippen molar-refractivity contribution >= 4 is 16.7 Å². The molecule has 0 N–H and O–H groups in total. The Hall–Kier alpha value is -1.90. The van der Waals surface area contributed by atoms with Crippen molar-refractivity contribution in [3.8, 4) is 0 Å². The Morgan fingerprint density at radius 1 is 0.952 bits per heavy atom. The van der Waals surface area contributed by atoms with Crippen LogP contribution in [0.4, 0.5) is 4.39 Å². The quantitative estimate of drug-likeness (QED) is 0.582. The van der Waals surface area contributed by atoms with E-state index in [1.807, 2.05) is 6.07 Å². The second-order valence-corrected chi connectivity index (χ2v) is 5.66. The number of carbonyl (C=O) groups is 1. The van der Waals surface area contributed by atoms with Gasteiger partial charge in [-0.15, -0.1) is 0 Å². The minimum Gasteiger partial charge on any atom is -0.459 e. The number of hydrogen-bond acceptors (Lipinski definition) is 2. The molecule has 2 aromatic rings. The highest BCUT2D eigenvalue weighted by molar-refractivity contribution is 6.04. The Bertz CT molecular complexity index is 643. The molecule has 21 heavy (non-hydrogen) atoms. The maximum Gasteiger partial charge on any atom is 0.339 e. The van der Waals surface area contributed by atoms with E-state index in [2.05, 4.69) is 0 Å². The van der Waals surface area contributed by atoms with Gasteiger partial charge in [0.25, 0.3) is 0 Å². The van der Waals surface area contributed by atoms with Gasteiger partial charge in [0, 0.05) is 5.39 Å². The average molecular weight is 286 g/mol. The van der Waals surface area contributed by atoms with Gasteiger partial charge in [0.15, 0.2) is 0 Å². The lowest BCUT2D eigenvalue weighted by Crippen LogP contribution is -2.17. The fourth-order valence-corrected chi connectivity index (χ4v) is 3.01. The number of halogens is 1. The van der Waals surface area contributed by atoms with Gasteiger partial charge in [0.1, 0.15) is 11.9 Å². The molecule has 0 saturated heterocycles. The molecule has 0 aromatic heterocycles. The van der Waals surface area contributed by atoms with Gasteiger partial charge in [0.05, 0.1) is 5.56 Å². The second-order valence-electron chi connectivity index (χ2n) is 5.66. The van der Waals surface area contributed by atoms with Crippen molar-refractivity contribution in [2.45, 2.75) is 44.6 Å². The van der Waals surface area contributed by atoms with Crippen LogP contribution in [0.15, 0.2) is 36.4 Å². The van der Waals surface area contributed by atoms with Crippen LogP contribution in [0.5, 0.6) is 0 Å². The van der Waals surface area contributed by atoms with Crippen molar-refractivity contribution in [1.82, 2.24) is 0 Å². The number of hydrogen-bond donors (Lipinski definition) is 0. The fraction of sp³-hybridized carbons (Fsp3) is 0.389. The first kappa shape index (κ1) is 14.1. The molecule has 2 nitrogen and oxygen atoms in total. The highest BCUT2D eigenvalue weighted by Gasteiger charge is 2.19. The molecule has 0 unspecified atom stereocenters. The zero-order chi connectivity index (χ0) is 14.7. The topological polar surface area (TPSA) is 26.3 Å². The van der Waals surface area contributed by atoms with E-state index in [0.717, 1.165) is 25.7 Å². The van der Waals surface area contributed by atoms with E-state index in [4.69, 9.17) is 4.74 Å². The molecule has 0 heterocycles. The summed E-state index contributed by atoms with van der Waals surface area (Å²) >= 11 is 0. The Kier molecular flexibility index (Phi) is 4.18. The highest BCUT2D eigenvalue weighted by atomic mass is 19.1. The summed E-state index contributed by atoms with van der Waals surface area (Å²) < 4.78 is 19.4. The van der Waals surface area contributed by atoms with E-state index in [9.17, 15) is 9.18 Å². The van der Waals surface area contributed by atoms with E-state index in [0.29, 0.717) is 16.3 Å². The Labute approximate surface area is 123 Å². The van der Waals surface area contributed by atoms with Crippen LogP contribution in [-0.2, 0) is 4.74 Å². The van der Waals surface area contributed by atoms with Crippen molar-refractivity contribution in [3.63, 3.8) is 0 Å². The minimum absolute atomic E-state index is 0.00353. The normalized spacial score (nSPS) is 16.6. The van der Waals surface area contributed by atoms with Crippen LogP contribution in [-0.4, -0.2) is 12.1 Å². The SMILES string of the molecule is O=C(OC1CCCCCC1)c1ccc(F)c2ccccc12. The summed E-state index contributed by atoms with van der Waals surface area (Å²) in [6.07, 6.45) is 6.53. The Balaban J connectivity index is 1.86. The van der Waals surface area contributed by atoms with Crippen LogP contribution in [0, 0.1) is 5.82 Å². The number of esters is 1. The summed E-state index contributed by atoms with van der Waals surface area (Å²) in [5, 5.41) is 1.09. The molecular formula is C18H19FO2. The standard InChI is InChI=1S/C18H19FO2/c19-17-12-11-16(14-9-5-6-10-15(14)17)18(20)21-13-7-3-1-2-4-8-13/h5-6,9-13H,1-4,7-8H2. The molecule has 0 amide bonds. The van der Waals surface area contributed by atoms with Gasteiger partial charge in [0.2, 0.25) is 0 Å². The van der Waals surface area contributed by atoms with Crippen molar-refractivity contribution in [3.05, 3.63) is 47.8 Å².